The molecule has 2 heterocycles. The molecule has 1 aromatic carbocycles. The topological polar surface area (TPSA) is 88.9 Å². The average molecular weight is 434 g/mol. The molecule has 0 saturated carbocycles. The van der Waals surface area contributed by atoms with E-state index in [1.807, 2.05) is 30.3 Å². The van der Waals surface area contributed by atoms with E-state index in [1.165, 1.54) is 22.6 Å². The molecule has 2 aromatic rings. The van der Waals surface area contributed by atoms with E-state index in [0.29, 0.717) is 32.8 Å². The number of pyridine rings is 1. The van der Waals surface area contributed by atoms with Crippen LogP contribution >= 0.6 is 0 Å². The summed E-state index contributed by atoms with van der Waals surface area (Å²) in [6, 6.07) is 12.1. The van der Waals surface area contributed by atoms with Gasteiger partial charge in [-0.05, 0) is 11.6 Å². The first-order chi connectivity index (χ1) is 14.4. The van der Waals surface area contributed by atoms with Crippen molar-refractivity contribution in [1.82, 2.24) is 13.8 Å². The lowest BCUT2D eigenvalue weighted by molar-refractivity contribution is -0.139. The second-order valence-corrected chi connectivity index (χ2v) is 8.97. The Morgan fingerprint density at radius 3 is 2.50 bits per heavy atom. The third kappa shape index (κ3) is 4.80. The van der Waals surface area contributed by atoms with Crippen LogP contribution in [0.5, 0.6) is 0 Å². The number of ether oxygens (including phenoxy) is 1. The smallest absolute Gasteiger partial charge is 0.251 e. The number of nitrogens with zero attached hydrogens (tertiary/aromatic N) is 3. The van der Waals surface area contributed by atoms with Gasteiger partial charge in [-0.2, -0.15) is 4.31 Å². The zero-order valence-electron chi connectivity index (χ0n) is 17.2. The first-order valence-electron chi connectivity index (χ1n) is 10.0. The SMILES string of the molecule is CCN(CC)S(=O)(=O)c1ccc(=O)n(CC(=O)N2CCO[C@@H](c3ccccc3)C2)c1. The molecule has 162 valence electrons. The summed E-state index contributed by atoms with van der Waals surface area (Å²) in [7, 11) is -3.72. The number of hydrogen-bond acceptors (Lipinski definition) is 5. The Hall–Kier alpha value is -2.49. The zero-order chi connectivity index (χ0) is 21.7. The number of hydrogen-bond donors (Lipinski definition) is 0. The van der Waals surface area contributed by atoms with Crippen molar-refractivity contribution in [2.75, 3.05) is 32.8 Å². The number of sulfonamides is 1. The Balaban J connectivity index is 1.77. The van der Waals surface area contributed by atoms with E-state index >= 15 is 0 Å². The molecule has 0 radical (unpaired) electrons. The molecule has 1 aromatic heterocycles. The summed E-state index contributed by atoms with van der Waals surface area (Å²) in [5.74, 6) is -0.251. The fraction of sp³-hybridized carbons (Fsp3) is 0.429. The van der Waals surface area contributed by atoms with Gasteiger partial charge in [-0.15, -0.1) is 0 Å². The van der Waals surface area contributed by atoms with Gasteiger partial charge < -0.3 is 14.2 Å². The van der Waals surface area contributed by atoms with Crippen molar-refractivity contribution >= 4 is 15.9 Å². The maximum absolute atomic E-state index is 12.9. The highest BCUT2D eigenvalue weighted by Crippen LogP contribution is 2.22. The van der Waals surface area contributed by atoms with E-state index in [2.05, 4.69) is 0 Å². The normalized spacial score (nSPS) is 17.3. The Morgan fingerprint density at radius 2 is 1.83 bits per heavy atom. The highest BCUT2D eigenvalue weighted by Gasteiger charge is 2.26. The molecule has 0 N–H and O–H groups in total. The maximum atomic E-state index is 12.9. The molecule has 1 aliphatic heterocycles. The zero-order valence-corrected chi connectivity index (χ0v) is 18.0. The molecule has 0 aliphatic carbocycles. The summed E-state index contributed by atoms with van der Waals surface area (Å²) >= 11 is 0. The Labute approximate surface area is 176 Å². The number of benzene rings is 1. The predicted octanol–water partition coefficient (Wildman–Crippen LogP) is 1.48. The van der Waals surface area contributed by atoms with E-state index in [4.69, 9.17) is 4.74 Å². The van der Waals surface area contributed by atoms with Crippen LogP contribution in [0.25, 0.3) is 0 Å². The minimum Gasteiger partial charge on any atom is -0.370 e. The minimum atomic E-state index is -3.72. The molecule has 1 amide bonds. The highest BCUT2D eigenvalue weighted by atomic mass is 32.2. The maximum Gasteiger partial charge on any atom is 0.251 e. The summed E-state index contributed by atoms with van der Waals surface area (Å²) < 4.78 is 33.7. The molecule has 1 fully saturated rings. The lowest BCUT2D eigenvalue weighted by atomic mass is 10.1. The quantitative estimate of drug-likeness (QED) is 0.660. The molecular weight excluding hydrogens is 406 g/mol. The van der Waals surface area contributed by atoms with Gasteiger partial charge in [0.05, 0.1) is 18.0 Å². The van der Waals surface area contributed by atoms with Gasteiger partial charge >= 0.3 is 0 Å². The number of amides is 1. The van der Waals surface area contributed by atoms with Crippen LogP contribution in [-0.4, -0.2) is 60.9 Å². The Bertz CT molecular complexity index is 1030. The number of aromatic nitrogens is 1. The third-order valence-corrected chi connectivity index (χ3v) is 7.23. The van der Waals surface area contributed by atoms with Gasteiger partial charge in [0, 0.05) is 31.9 Å². The minimum absolute atomic E-state index is 0.00254. The second kappa shape index (κ2) is 9.55. The van der Waals surface area contributed by atoms with Crippen LogP contribution in [0.4, 0.5) is 0 Å². The molecule has 0 bridgehead atoms. The molecule has 9 heteroatoms. The van der Waals surface area contributed by atoms with Crippen LogP contribution in [0.1, 0.15) is 25.5 Å². The molecule has 30 heavy (non-hydrogen) atoms. The largest absolute Gasteiger partial charge is 0.370 e. The van der Waals surface area contributed by atoms with Gasteiger partial charge in [0.2, 0.25) is 15.9 Å². The second-order valence-electron chi connectivity index (χ2n) is 7.03. The van der Waals surface area contributed by atoms with Crippen molar-refractivity contribution < 1.29 is 17.9 Å². The summed E-state index contributed by atoms with van der Waals surface area (Å²) in [4.78, 5) is 26.8. The summed E-state index contributed by atoms with van der Waals surface area (Å²) in [5, 5.41) is 0. The van der Waals surface area contributed by atoms with Gasteiger partial charge in [0.15, 0.2) is 0 Å². The lowest BCUT2D eigenvalue weighted by Gasteiger charge is -2.33. The van der Waals surface area contributed by atoms with Gasteiger partial charge in [0.1, 0.15) is 12.6 Å². The fourth-order valence-corrected chi connectivity index (χ4v) is 4.97. The first-order valence-corrected chi connectivity index (χ1v) is 11.5. The van der Waals surface area contributed by atoms with Crippen LogP contribution in [-0.2, 0) is 26.1 Å². The van der Waals surface area contributed by atoms with E-state index in [9.17, 15) is 18.0 Å². The number of morpholine rings is 1. The molecule has 1 atom stereocenters. The van der Waals surface area contributed by atoms with E-state index in [1.54, 1.807) is 18.7 Å². The van der Waals surface area contributed by atoms with Crippen LogP contribution in [0.3, 0.4) is 0 Å². The molecule has 1 aliphatic rings. The Morgan fingerprint density at radius 1 is 1.13 bits per heavy atom. The van der Waals surface area contributed by atoms with Crippen LogP contribution in [0, 0.1) is 0 Å². The molecule has 0 spiro atoms. The monoisotopic (exact) mass is 433 g/mol. The van der Waals surface area contributed by atoms with Crippen molar-refractivity contribution in [3.63, 3.8) is 0 Å². The summed E-state index contributed by atoms with van der Waals surface area (Å²) in [6.07, 6.45) is 1.03. The van der Waals surface area contributed by atoms with Gasteiger partial charge in [-0.1, -0.05) is 44.2 Å². The Kier molecular flexibility index (Phi) is 7.06. The molecule has 0 unspecified atom stereocenters. The highest BCUT2D eigenvalue weighted by molar-refractivity contribution is 7.89. The third-order valence-electron chi connectivity index (χ3n) is 5.20. The van der Waals surface area contributed by atoms with Crippen LogP contribution in [0.2, 0.25) is 0 Å². The van der Waals surface area contributed by atoms with Crippen molar-refractivity contribution in [3.8, 4) is 0 Å². The van der Waals surface area contributed by atoms with Gasteiger partial charge in [0.25, 0.3) is 5.56 Å². The fourth-order valence-electron chi connectivity index (χ4n) is 3.49. The number of carbonyl (C=O) groups is 1. The van der Waals surface area contributed by atoms with E-state index < -0.39 is 15.6 Å². The first kappa shape index (κ1) is 22.2. The number of rotatable bonds is 7. The van der Waals surface area contributed by atoms with Crippen LogP contribution < -0.4 is 5.56 Å². The predicted molar refractivity (Wildman–Crippen MR) is 113 cm³/mol. The standard InChI is InChI=1S/C21H27N3O5S/c1-3-24(4-2)30(27,28)18-10-11-20(25)23(14-18)16-21(26)22-12-13-29-19(15-22)17-8-6-5-7-9-17/h5-11,14,19H,3-4,12-13,15-16H2,1-2H3/t19-/m1/s1. The molecular formula is C21H27N3O5S. The van der Waals surface area contributed by atoms with Crippen molar-refractivity contribution in [3.05, 3.63) is 64.6 Å². The van der Waals surface area contributed by atoms with Crippen LogP contribution in [0.15, 0.2) is 58.4 Å². The molecule has 1 saturated heterocycles. The van der Waals surface area contributed by atoms with E-state index in [-0.39, 0.29) is 23.5 Å². The van der Waals surface area contributed by atoms with Crippen molar-refractivity contribution in [2.24, 2.45) is 0 Å². The van der Waals surface area contributed by atoms with E-state index in [0.717, 1.165) is 10.1 Å². The molecule has 8 nitrogen and oxygen atoms in total. The van der Waals surface area contributed by atoms with Gasteiger partial charge in [-0.3, -0.25) is 9.59 Å². The van der Waals surface area contributed by atoms with Gasteiger partial charge in [-0.25, -0.2) is 8.42 Å². The molecule has 3 rings (SSSR count). The lowest BCUT2D eigenvalue weighted by Crippen LogP contribution is -2.44. The van der Waals surface area contributed by atoms with Crippen molar-refractivity contribution in [1.29, 1.82) is 0 Å². The summed E-state index contributed by atoms with van der Waals surface area (Å²) in [5.41, 5.74) is 0.564. The van der Waals surface area contributed by atoms with Crippen molar-refractivity contribution in [2.45, 2.75) is 31.4 Å². The summed E-state index contributed by atoms with van der Waals surface area (Å²) in [6.45, 7) is 5.14. The average Bonchev–Trinajstić information content (AvgIpc) is 2.76. The number of carbonyl (C=O) groups excluding carboxylic acids is 1.